The molecule has 0 bridgehead atoms. The van der Waals surface area contributed by atoms with Gasteiger partial charge in [-0.15, -0.1) is 0 Å². The molecule has 0 atom stereocenters. The zero-order valence-corrected chi connectivity index (χ0v) is 17.7. The van der Waals surface area contributed by atoms with Crippen molar-refractivity contribution in [3.63, 3.8) is 0 Å². The Morgan fingerprint density at radius 3 is 1.77 bits per heavy atom. The van der Waals surface area contributed by atoms with Crippen LogP contribution < -0.4 is 4.74 Å². The van der Waals surface area contributed by atoms with Crippen molar-refractivity contribution in [3.8, 4) is 33.8 Å². The van der Waals surface area contributed by atoms with Crippen LogP contribution in [0, 0.1) is 10.3 Å². The molecule has 0 spiro atoms. The van der Waals surface area contributed by atoms with Crippen LogP contribution in [0.1, 0.15) is 19.9 Å². The van der Waals surface area contributed by atoms with Gasteiger partial charge in [-0.05, 0) is 61.4 Å². The van der Waals surface area contributed by atoms with Gasteiger partial charge < -0.3 is 9.30 Å². The van der Waals surface area contributed by atoms with Gasteiger partial charge >= 0.3 is 0 Å². The number of pyridine rings is 1. The Hall–Kier alpha value is -3.24. The molecule has 0 saturated heterocycles. The Morgan fingerprint density at radius 2 is 1.23 bits per heavy atom. The SMILES string of the molecule is CC(C)n1cc(-c2ccccc2)c(=S)c(-c2ccc(Oc3ccc(F)cc3)cc2)c1. The predicted octanol–water partition coefficient (Wildman–Crippen LogP) is 8.06. The fourth-order valence-corrected chi connectivity index (χ4v) is 3.61. The number of rotatable bonds is 5. The van der Waals surface area contributed by atoms with Gasteiger partial charge in [0.2, 0.25) is 0 Å². The second-order valence-corrected chi connectivity index (χ2v) is 7.81. The molecule has 30 heavy (non-hydrogen) atoms. The molecule has 0 saturated carbocycles. The lowest BCUT2D eigenvalue weighted by Crippen LogP contribution is -2.03. The van der Waals surface area contributed by atoms with Crippen molar-refractivity contribution in [1.82, 2.24) is 4.57 Å². The van der Waals surface area contributed by atoms with E-state index in [-0.39, 0.29) is 5.82 Å². The molecule has 0 N–H and O–H groups in total. The highest BCUT2D eigenvalue weighted by molar-refractivity contribution is 7.71. The first-order valence-corrected chi connectivity index (χ1v) is 10.3. The van der Waals surface area contributed by atoms with Gasteiger partial charge in [0.25, 0.3) is 0 Å². The molecular formula is C26H22FNOS. The van der Waals surface area contributed by atoms with Crippen molar-refractivity contribution in [1.29, 1.82) is 0 Å². The van der Waals surface area contributed by atoms with E-state index in [9.17, 15) is 4.39 Å². The van der Waals surface area contributed by atoms with Gasteiger partial charge in [-0.2, -0.15) is 0 Å². The summed E-state index contributed by atoms with van der Waals surface area (Å²) in [4.78, 5) is 0. The second-order valence-electron chi connectivity index (χ2n) is 7.40. The number of ether oxygens (including phenoxy) is 1. The van der Waals surface area contributed by atoms with Gasteiger partial charge in [0.1, 0.15) is 17.3 Å². The Morgan fingerprint density at radius 1 is 0.733 bits per heavy atom. The maximum absolute atomic E-state index is 13.1. The quantitative estimate of drug-likeness (QED) is 0.306. The number of nitrogens with zero attached hydrogens (tertiary/aromatic N) is 1. The lowest BCUT2D eigenvalue weighted by atomic mass is 10.0. The fraction of sp³-hybridized carbons (Fsp3) is 0.115. The molecular weight excluding hydrogens is 393 g/mol. The molecule has 1 aromatic heterocycles. The minimum Gasteiger partial charge on any atom is -0.457 e. The lowest BCUT2D eigenvalue weighted by Gasteiger charge is -2.17. The molecule has 3 aromatic carbocycles. The first-order chi connectivity index (χ1) is 14.5. The Labute approximate surface area is 181 Å². The average molecular weight is 416 g/mol. The normalized spacial score (nSPS) is 10.9. The van der Waals surface area contributed by atoms with Gasteiger partial charge in [-0.1, -0.05) is 54.7 Å². The molecule has 0 amide bonds. The summed E-state index contributed by atoms with van der Waals surface area (Å²) in [6, 6.07) is 24.3. The van der Waals surface area contributed by atoms with E-state index < -0.39 is 0 Å². The predicted molar refractivity (Wildman–Crippen MR) is 123 cm³/mol. The third-order valence-corrected chi connectivity index (χ3v) is 5.38. The third kappa shape index (κ3) is 4.34. The van der Waals surface area contributed by atoms with E-state index in [1.165, 1.54) is 12.1 Å². The Balaban J connectivity index is 1.71. The maximum Gasteiger partial charge on any atom is 0.127 e. The number of halogens is 1. The second kappa shape index (κ2) is 8.64. The summed E-state index contributed by atoms with van der Waals surface area (Å²) in [6.07, 6.45) is 4.23. The molecule has 0 fully saturated rings. The summed E-state index contributed by atoms with van der Waals surface area (Å²) < 4.78 is 21.9. The van der Waals surface area contributed by atoms with Crippen LogP contribution in [0.3, 0.4) is 0 Å². The van der Waals surface area contributed by atoms with Crippen LogP contribution in [0.15, 0.2) is 91.3 Å². The molecule has 150 valence electrons. The summed E-state index contributed by atoms with van der Waals surface area (Å²) in [5.74, 6) is 0.997. The highest BCUT2D eigenvalue weighted by atomic mass is 32.1. The van der Waals surface area contributed by atoms with Crippen LogP contribution in [0.25, 0.3) is 22.3 Å². The zero-order valence-electron chi connectivity index (χ0n) is 16.9. The number of aromatic nitrogens is 1. The van der Waals surface area contributed by atoms with E-state index in [0.717, 1.165) is 26.8 Å². The standard InChI is InChI=1S/C26H22FNOS/c1-18(2)28-16-24(19-6-4-3-5-7-19)26(30)25(17-28)20-8-12-22(13-9-20)29-23-14-10-21(27)11-15-23/h3-18H,1-2H3. The molecule has 4 aromatic rings. The molecule has 1 heterocycles. The zero-order chi connectivity index (χ0) is 21.1. The summed E-state index contributed by atoms with van der Waals surface area (Å²) in [5.41, 5.74) is 4.19. The third-order valence-electron chi connectivity index (χ3n) is 4.94. The largest absolute Gasteiger partial charge is 0.457 e. The lowest BCUT2D eigenvalue weighted by molar-refractivity contribution is 0.480. The molecule has 0 aliphatic carbocycles. The van der Waals surface area contributed by atoms with Gasteiger partial charge in [-0.25, -0.2) is 4.39 Å². The van der Waals surface area contributed by atoms with Crippen molar-refractivity contribution in [2.75, 3.05) is 0 Å². The summed E-state index contributed by atoms with van der Waals surface area (Å²) >= 11 is 5.87. The van der Waals surface area contributed by atoms with Crippen LogP contribution in [0.5, 0.6) is 11.5 Å². The van der Waals surface area contributed by atoms with E-state index in [0.29, 0.717) is 17.5 Å². The van der Waals surface area contributed by atoms with Crippen molar-refractivity contribution in [2.45, 2.75) is 19.9 Å². The van der Waals surface area contributed by atoms with Crippen molar-refractivity contribution in [2.24, 2.45) is 0 Å². The fourth-order valence-electron chi connectivity index (χ4n) is 3.27. The van der Waals surface area contributed by atoms with Gasteiger partial charge in [-0.3, -0.25) is 0 Å². The number of benzene rings is 3. The molecule has 0 unspecified atom stereocenters. The molecule has 0 radical (unpaired) electrons. The number of hydrogen-bond donors (Lipinski definition) is 0. The van der Waals surface area contributed by atoms with Crippen LogP contribution in [0.2, 0.25) is 0 Å². The minimum atomic E-state index is -0.285. The summed E-state index contributed by atoms with van der Waals surface area (Å²) in [6.45, 7) is 4.31. The smallest absolute Gasteiger partial charge is 0.127 e. The van der Waals surface area contributed by atoms with Crippen LogP contribution in [0.4, 0.5) is 4.39 Å². The average Bonchev–Trinajstić information content (AvgIpc) is 2.76. The van der Waals surface area contributed by atoms with Crippen molar-refractivity contribution in [3.05, 3.63) is 102 Å². The van der Waals surface area contributed by atoms with Gasteiger partial charge in [0, 0.05) is 29.6 Å². The summed E-state index contributed by atoms with van der Waals surface area (Å²) in [7, 11) is 0. The van der Waals surface area contributed by atoms with Gasteiger partial charge in [0.15, 0.2) is 0 Å². The first-order valence-electron chi connectivity index (χ1n) is 9.86. The minimum absolute atomic E-state index is 0.285. The molecule has 2 nitrogen and oxygen atoms in total. The van der Waals surface area contributed by atoms with E-state index in [1.54, 1.807) is 12.1 Å². The molecule has 0 aliphatic rings. The van der Waals surface area contributed by atoms with E-state index in [1.807, 2.05) is 42.5 Å². The van der Waals surface area contributed by atoms with Crippen LogP contribution in [-0.4, -0.2) is 4.57 Å². The maximum atomic E-state index is 13.1. The summed E-state index contributed by atoms with van der Waals surface area (Å²) in [5, 5.41) is 0. The van der Waals surface area contributed by atoms with Crippen LogP contribution in [-0.2, 0) is 0 Å². The Kier molecular flexibility index (Phi) is 5.77. The van der Waals surface area contributed by atoms with Crippen molar-refractivity contribution < 1.29 is 9.13 Å². The number of hydrogen-bond acceptors (Lipinski definition) is 2. The topological polar surface area (TPSA) is 14.2 Å². The molecule has 4 heteroatoms. The highest BCUT2D eigenvalue weighted by Crippen LogP contribution is 2.32. The van der Waals surface area contributed by atoms with Gasteiger partial charge in [0.05, 0.1) is 4.51 Å². The monoisotopic (exact) mass is 415 g/mol. The molecule has 4 rings (SSSR count). The highest BCUT2D eigenvalue weighted by Gasteiger charge is 2.11. The van der Waals surface area contributed by atoms with Crippen LogP contribution >= 0.6 is 12.2 Å². The molecule has 0 aliphatic heterocycles. The van der Waals surface area contributed by atoms with E-state index >= 15 is 0 Å². The Bertz CT molecular complexity index is 1200. The van der Waals surface area contributed by atoms with E-state index in [4.69, 9.17) is 17.0 Å². The van der Waals surface area contributed by atoms with Crippen molar-refractivity contribution >= 4 is 12.2 Å². The van der Waals surface area contributed by atoms with E-state index in [2.05, 4.69) is 42.9 Å². The first kappa shape index (κ1) is 20.0.